The van der Waals surface area contributed by atoms with E-state index in [9.17, 15) is 24.0 Å². The fourth-order valence-corrected chi connectivity index (χ4v) is 4.47. The molecule has 1 heterocycles. The van der Waals surface area contributed by atoms with Gasteiger partial charge in [0.2, 0.25) is 29.5 Å². The summed E-state index contributed by atoms with van der Waals surface area (Å²) >= 11 is 0. The van der Waals surface area contributed by atoms with Gasteiger partial charge in [-0.2, -0.15) is 0 Å². The maximum absolute atomic E-state index is 13.6. The molecule has 0 aromatic heterocycles. The highest BCUT2D eigenvalue weighted by molar-refractivity contribution is 5.97. The van der Waals surface area contributed by atoms with Crippen LogP contribution < -0.4 is 38.1 Å². The molecular formula is C29H46N8O5. The topological polar surface area (TPSA) is 210 Å². The minimum Gasteiger partial charge on any atom is -0.370 e. The fourth-order valence-electron chi connectivity index (χ4n) is 4.47. The number of rotatable bonds is 8. The molecule has 13 nitrogen and oxygen atoms in total. The van der Waals surface area contributed by atoms with Crippen LogP contribution in [0.3, 0.4) is 0 Å². The summed E-state index contributed by atoms with van der Waals surface area (Å²) in [6, 6.07) is 5.86. The summed E-state index contributed by atoms with van der Waals surface area (Å²) in [5.41, 5.74) is 10.1. The largest absolute Gasteiger partial charge is 0.370 e. The highest BCUT2D eigenvalue weighted by Crippen LogP contribution is 2.18. The zero-order valence-electron chi connectivity index (χ0n) is 25.0. The first-order chi connectivity index (χ1) is 19.9. The van der Waals surface area contributed by atoms with Gasteiger partial charge in [0.1, 0.15) is 23.7 Å². The molecular weight excluding hydrogens is 540 g/mol. The second kappa shape index (κ2) is 16.3. The van der Waals surface area contributed by atoms with Gasteiger partial charge >= 0.3 is 0 Å². The van der Waals surface area contributed by atoms with Gasteiger partial charge in [0.15, 0.2) is 5.96 Å². The average molecular weight is 587 g/mol. The van der Waals surface area contributed by atoms with Crippen LogP contribution in [0.4, 0.5) is 0 Å². The standard InChI is InChI=1S/C29H46N8O5/c1-5-20-24(39)36-22(19-12-7-6-8-13-19)26(41)32-16-10-9-15-29(4,37-23(38)18(2)3)27(42)35-21(25(40)34-20)14-11-17-33-28(30)31/h6-8,12-13,18,20-22H,5,9-11,14-17H2,1-4H3,(H,32,41)(H,34,40)(H,35,42)(H,36,39)(H,37,38)(H4,30,31,33). The van der Waals surface area contributed by atoms with Crippen LogP contribution in [0.2, 0.25) is 0 Å². The number of hydrogen-bond donors (Lipinski definition) is 7. The molecule has 42 heavy (non-hydrogen) atoms. The Balaban J connectivity index is 2.42. The van der Waals surface area contributed by atoms with Gasteiger partial charge in [-0.05, 0) is 51.0 Å². The molecule has 0 bridgehead atoms. The van der Waals surface area contributed by atoms with Gasteiger partial charge in [-0.3, -0.25) is 29.0 Å². The zero-order chi connectivity index (χ0) is 31.3. The number of carbonyl (C=O) groups is 5. The van der Waals surface area contributed by atoms with Crippen LogP contribution in [0.15, 0.2) is 35.3 Å². The molecule has 0 spiro atoms. The minimum absolute atomic E-state index is 0.0924. The highest BCUT2D eigenvalue weighted by Gasteiger charge is 2.38. The summed E-state index contributed by atoms with van der Waals surface area (Å²) in [6.07, 6.45) is 2.05. The molecule has 0 aliphatic carbocycles. The third kappa shape index (κ3) is 10.3. The monoisotopic (exact) mass is 586 g/mol. The molecule has 4 unspecified atom stereocenters. The predicted molar refractivity (Wildman–Crippen MR) is 160 cm³/mol. The number of guanidine groups is 1. The molecule has 232 valence electrons. The molecule has 2 rings (SSSR count). The lowest BCUT2D eigenvalue weighted by atomic mass is 9.91. The molecule has 1 saturated heterocycles. The van der Waals surface area contributed by atoms with Crippen LogP contribution in [0.1, 0.15) is 77.8 Å². The number of nitrogens with zero attached hydrogens (tertiary/aromatic N) is 1. The van der Waals surface area contributed by atoms with E-state index >= 15 is 0 Å². The van der Waals surface area contributed by atoms with Crippen LogP contribution in [0.5, 0.6) is 0 Å². The summed E-state index contributed by atoms with van der Waals surface area (Å²) in [5, 5.41) is 14.0. The molecule has 0 saturated carbocycles. The number of benzene rings is 1. The third-order valence-corrected chi connectivity index (χ3v) is 7.12. The van der Waals surface area contributed by atoms with Crippen molar-refractivity contribution in [1.82, 2.24) is 26.6 Å². The maximum atomic E-state index is 13.6. The van der Waals surface area contributed by atoms with Gasteiger partial charge in [-0.25, -0.2) is 0 Å². The summed E-state index contributed by atoms with van der Waals surface area (Å²) in [7, 11) is 0. The molecule has 1 aromatic carbocycles. The first kappa shape index (κ1) is 34.0. The van der Waals surface area contributed by atoms with Crippen LogP contribution in [-0.2, 0) is 24.0 Å². The van der Waals surface area contributed by atoms with Crippen LogP contribution in [0.25, 0.3) is 0 Å². The van der Waals surface area contributed by atoms with Gasteiger partial charge < -0.3 is 38.1 Å². The molecule has 1 aliphatic rings. The van der Waals surface area contributed by atoms with E-state index < -0.39 is 47.3 Å². The van der Waals surface area contributed by atoms with Crippen molar-refractivity contribution in [2.75, 3.05) is 13.1 Å². The van der Waals surface area contributed by atoms with Crippen LogP contribution >= 0.6 is 0 Å². The van der Waals surface area contributed by atoms with E-state index in [0.717, 1.165) is 0 Å². The Hall–Kier alpha value is -4.16. The van der Waals surface area contributed by atoms with Gasteiger partial charge in [0, 0.05) is 19.0 Å². The van der Waals surface area contributed by atoms with Crippen molar-refractivity contribution in [3.05, 3.63) is 35.9 Å². The Bertz CT molecular complexity index is 1120. The van der Waals surface area contributed by atoms with Crippen molar-refractivity contribution in [1.29, 1.82) is 0 Å². The molecule has 1 aliphatic heterocycles. The first-order valence-corrected chi connectivity index (χ1v) is 14.5. The molecule has 1 fully saturated rings. The van der Waals surface area contributed by atoms with Crippen molar-refractivity contribution in [3.8, 4) is 0 Å². The number of amides is 5. The molecule has 1 aromatic rings. The van der Waals surface area contributed by atoms with Gasteiger partial charge in [-0.1, -0.05) is 51.1 Å². The number of hydrogen-bond acceptors (Lipinski definition) is 6. The predicted octanol–water partition coefficient (Wildman–Crippen LogP) is 0.108. The van der Waals surface area contributed by atoms with E-state index in [-0.39, 0.29) is 43.6 Å². The van der Waals surface area contributed by atoms with Gasteiger partial charge in [-0.15, -0.1) is 0 Å². The number of aliphatic imine (C=N–C) groups is 1. The molecule has 9 N–H and O–H groups in total. The van der Waals surface area contributed by atoms with Crippen molar-refractivity contribution < 1.29 is 24.0 Å². The lowest BCUT2D eigenvalue weighted by Crippen LogP contribution is -2.62. The quantitative estimate of drug-likeness (QED) is 0.127. The third-order valence-electron chi connectivity index (χ3n) is 7.12. The Kier molecular flexibility index (Phi) is 13.2. The normalized spacial score (nSPS) is 24.5. The lowest BCUT2D eigenvalue weighted by Gasteiger charge is -2.33. The SMILES string of the molecule is CCC1NC(=O)C(CCCN=C(N)N)NC(=O)C(C)(NC(=O)C(C)C)CCCCNC(=O)C(c2ccccc2)NC1=O. The van der Waals surface area contributed by atoms with E-state index in [1.165, 1.54) is 0 Å². The molecule has 4 atom stereocenters. The van der Waals surface area contributed by atoms with E-state index in [1.807, 2.05) is 6.07 Å². The Morgan fingerprint density at radius 1 is 1.00 bits per heavy atom. The van der Waals surface area contributed by atoms with Crippen LogP contribution in [0, 0.1) is 5.92 Å². The molecule has 0 radical (unpaired) electrons. The van der Waals surface area contributed by atoms with E-state index in [0.29, 0.717) is 31.4 Å². The minimum atomic E-state index is -1.32. The summed E-state index contributed by atoms with van der Waals surface area (Å²) < 4.78 is 0. The Morgan fingerprint density at radius 2 is 1.67 bits per heavy atom. The second-order valence-electron chi connectivity index (χ2n) is 11.0. The smallest absolute Gasteiger partial charge is 0.247 e. The van der Waals surface area contributed by atoms with Gasteiger partial charge in [0.25, 0.3) is 0 Å². The zero-order valence-corrected chi connectivity index (χ0v) is 25.0. The second-order valence-corrected chi connectivity index (χ2v) is 11.0. The Labute approximate surface area is 247 Å². The lowest BCUT2D eigenvalue weighted by molar-refractivity contribution is -0.137. The summed E-state index contributed by atoms with van der Waals surface area (Å²) in [4.78, 5) is 70.2. The van der Waals surface area contributed by atoms with Crippen molar-refractivity contribution in [2.45, 2.75) is 89.9 Å². The average Bonchev–Trinajstić information content (AvgIpc) is 2.95. The highest BCUT2D eigenvalue weighted by atomic mass is 16.2. The van der Waals surface area contributed by atoms with Gasteiger partial charge in [0.05, 0.1) is 0 Å². The van der Waals surface area contributed by atoms with E-state index in [1.54, 1.807) is 52.0 Å². The van der Waals surface area contributed by atoms with E-state index in [2.05, 4.69) is 31.6 Å². The van der Waals surface area contributed by atoms with Crippen molar-refractivity contribution >= 4 is 35.5 Å². The summed E-state index contributed by atoms with van der Waals surface area (Å²) in [5.74, 6) is -2.82. The number of nitrogens with one attached hydrogen (secondary N) is 5. The molecule has 5 amide bonds. The van der Waals surface area contributed by atoms with Crippen molar-refractivity contribution in [3.63, 3.8) is 0 Å². The maximum Gasteiger partial charge on any atom is 0.247 e. The summed E-state index contributed by atoms with van der Waals surface area (Å²) in [6.45, 7) is 7.32. The first-order valence-electron chi connectivity index (χ1n) is 14.5. The Morgan fingerprint density at radius 3 is 2.29 bits per heavy atom. The fraction of sp³-hybridized carbons (Fsp3) is 0.586. The van der Waals surface area contributed by atoms with Crippen molar-refractivity contribution in [2.24, 2.45) is 22.4 Å². The number of carbonyl (C=O) groups excluding carboxylic acids is 5. The van der Waals surface area contributed by atoms with Crippen LogP contribution in [-0.4, -0.2) is 66.2 Å². The molecule has 13 heteroatoms. The van der Waals surface area contributed by atoms with E-state index in [4.69, 9.17) is 11.5 Å². The number of nitrogens with two attached hydrogens (primary N) is 2.